The zero-order valence-corrected chi connectivity index (χ0v) is 18.2. The maximum Gasteiger partial charge on any atom is 0.344 e. The van der Waals surface area contributed by atoms with Gasteiger partial charge in [-0.1, -0.05) is 11.8 Å². The second kappa shape index (κ2) is 10.1. The number of ether oxygens (including phenoxy) is 3. The Morgan fingerprint density at radius 1 is 1.06 bits per heavy atom. The van der Waals surface area contributed by atoms with Gasteiger partial charge in [-0.25, -0.2) is 9.79 Å². The Morgan fingerprint density at radius 2 is 1.77 bits per heavy atom. The highest BCUT2D eigenvalue weighted by atomic mass is 32.2. The second-order valence-corrected chi connectivity index (χ2v) is 7.35. The van der Waals surface area contributed by atoms with Gasteiger partial charge in [-0.15, -0.1) is 0 Å². The van der Waals surface area contributed by atoms with Crippen LogP contribution in [0.5, 0.6) is 17.2 Å². The number of hydrogen-bond donors (Lipinski definition) is 2. The quantitative estimate of drug-likeness (QED) is 0.584. The fraction of sp³-hybridized carbons (Fsp3) is 0.217. The van der Waals surface area contributed by atoms with Crippen molar-refractivity contribution < 1.29 is 29.2 Å². The summed E-state index contributed by atoms with van der Waals surface area (Å²) < 4.78 is 15.6. The fourth-order valence-electron chi connectivity index (χ4n) is 2.81. The Kier molecular flexibility index (Phi) is 7.25. The number of methoxy groups -OCH3 is 1. The molecule has 2 N–H and O–H groups in total. The van der Waals surface area contributed by atoms with E-state index in [-0.39, 0.29) is 23.7 Å². The van der Waals surface area contributed by atoms with Gasteiger partial charge in [0.05, 0.1) is 30.9 Å². The highest BCUT2D eigenvalue weighted by molar-refractivity contribution is 8.18. The number of benzene rings is 2. The van der Waals surface area contributed by atoms with Crippen molar-refractivity contribution in [3.05, 3.63) is 64.3 Å². The van der Waals surface area contributed by atoms with Crippen LogP contribution in [0, 0.1) is 0 Å². The van der Waals surface area contributed by atoms with Gasteiger partial charge in [-0.3, -0.25) is 0 Å². The monoisotopic (exact) mass is 441 g/mol. The van der Waals surface area contributed by atoms with E-state index in [1.807, 2.05) is 6.92 Å². The molecule has 8 heteroatoms. The third-order valence-corrected chi connectivity index (χ3v) is 5.29. The highest BCUT2D eigenvalue weighted by Gasteiger charge is 2.33. The summed E-state index contributed by atoms with van der Waals surface area (Å²) in [7, 11) is 1.50. The van der Waals surface area contributed by atoms with Gasteiger partial charge in [0.1, 0.15) is 33.6 Å². The predicted octanol–water partition coefficient (Wildman–Crippen LogP) is 4.99. The number of nitrogens with zero attached hydrogens (tertiary/aromatic N) is 1. The zero-order chi connectivity index (χ0) is 22.4. The van der Waals surface area contributed by atoms with Crippen molar-refractivity contribution in [1.82, 2.24) is 0 Å². The normalized spacial score (nSPS) is 16.1. The summed E-state index contributed by atoms with van der Waals surface area (Å²) >= 11 is 1.12. The molecule has 2 aromatic carbocycles. The van der Waals surface area contributed by atoms with Crippen molar-refractivity contribution in [1.29, 1.82) is 0 Å². The van der Waals surface area contributed by atoms with E-state index in [0.29, 0.717) is 39.3 Å². The number of aromatic hydroxyl groups is 1. The van der Waals surface area contributed by atoms with E-state index >= 15 is 0 Å². The Balaban J connectivity index is 1.99. The molecule has 0 saturated carbocycles. The molecule has 1 heterocycles. The maximum atomic E-state index is 12.5. The van der Waals surface area contributed by atoms with Gasteiger partial charge < -0.3 is 24.4 Å². The highest BCUT2D eigenvalue weighted by Crippen LogP contribution is 2.41. The molecule has 0 aromatic heterocycles. The van der Waals surface area contributed by atoms with Crippen LogP contribution in [0.15, 0.2) is 63.7 Å². The van der Waals surface area contributed by atoms with E-state index in [2.05, 4.69) is 4.99 Å². The molecule has 31 heavy (non-hydrogen) atoms. The number of carbonyl (C=O) groups is 1. The smallest absolute Gasteiger partial charge is 0.344 e. The first-order chi connectivity index (χ1) is 15.0. The molecule has 0 radical (unpaired) electrons. The Bertz CT molecular complexity index is 1060. The van der Waals surface area contributed by atoms with Crippen molar-refractivity contribution in [2.75, 3.05) is 20.3 Å². The summed E-state index contributed by atoms with van der Waals surface area (Å²) in [6.07, 6.45) is 1.58. The van der Waals surface area contributed by atoms with Gasteiger partial charge in [-0.05, 0) is 56.3 Å². The van der Waals surface area contributed by atoms with Crippen molar-refractivity contribution in [2.45, 2.75) is 13.8 Å². The molecule has 3 rings (SSSR count). The first kappa shape index (κ1) is 22.3. The molecule has 1 aliphatic heterocycles. The molecule has 0 saturated heterocycles. The molecule has 0 bridgehead atoms. The van der Waals surface area contributed by atoms with Gasteiger partial charge in [0.15, 0.2) is 0 Å². The molecule has 7 nitrogen and oxygen atoms in total. The maximum absolute atomic E-state index is 12.5. The summed E-state index contributed by atoms with van der Waals surface area (Å²) in [6.45, 7) is 4.30. The SMILES string of the molecule is CCOC(=O)C1=C(O)/C(=C\c2ccc(OC)cc2O)SC1=Nc1ccc(OCC)cc1. The average molecular weight is 442 g/mol. The van der Waals surface area contributed by atoms with E-state index in [0.717, 1.165) is 11.8 Å². The molecule has 162 valence electrons. The molecule has 0 atom stereocenters. The molecule has 0 amide bonds. The lowest BCUT2D eigenvalue weighted by molar-refractivity contribution is -0.138. The number of carbonyl (C=O) groups excluding carboxylic acids is 1. The minimum atomic E-state index is -0.667. The van der Waals surface area contributed by atoms with E-state index < -0.39 is 5.97 Å². The lowest BCUT2D eigenvalue weighted by atomic mass is 10.1. The van der Waals surface area contributed by atoms with Crippen molar-refractivity contribution in [3.8, 4) is 17.2 Å². The van der Waals surface area contributed by atoms with Gasteiger partial charge >= 0.3 is 5.97 Å². The number of aliphatic hydroxyl groups excluding tert-OH is 1. The summed E-state index contributed by atoms with van der Waals surface area (Å²) in [5, 5.41) is 21.3. The van der Waals surface area contributed by atoms with Crippen LogP contribution in [0.1, 0.15) is 19.4 Å². The average Bonchev–Trinajstić information content (AvgIpc) is 3.06. The number of phenolic OH excluding ortho intramolecular Hbond substituents is 1. The van der Waals surface area contributed by atoms with Gasteiger partial charge in [-0.2, -0.15) is 0 Å². The molecule has 2 aromatic rings. The van der Waals surface area contributed by atoms with Crippen LogP contribution in [0.2, 0.25) is 0 Å². The van der Waals surface area contributed by atoms with Crippen molar-refractivity contribution in [2.24, 2.45) is 4.99 Å². The van der Waals surface area contributed by atoms with Crippen LogP contribution in [0.3, 0.4) is 0 Å². The number of thioether (sulfide) groups is 1. The zero-order valence-electron chi connectivity index (χ0n) is 17.4. The molecule has 0 spiro atoms. The number of aliphatic imine (C=N–C) groups is 1. The largest absolute Gasteiger partial charge is 0.507 e. The van der Waals surface area contributed by atoms with Crippen LogP contribution in [-0.2, 0) is 9.53 Å². The number of aliphatic hydroxyl groups is 1. The van der Waals surface area contributed by atoms with Crippen molar-refractivity contribution in [3.63, 3.8) is 0 Å². The van der Waals surface area contributed by atoms with E-state index in [4.69, 9.17) is 14.2 Å². The van der Waals surface area contributed by atoms with Crippen molar-refractivity contribution >= 4 is 34.5 Å². The lowest BCUT2D eigenvalue weighted by Gasteiger charge is -2.05. The minimum absolute atomic E-state index is 0.0139. The summed E-state index contributed by atoms with van der Waals surface area (Å²) in [5.74, 6) is 0.284. The van der Waals surface area contributed by atoms with Crippen LogP contribution in [0.25, 0.3) is 6.08 Å². The summed E-state index contributed by atoms with van der Waals surface area (Å²) in [5.41, 5.74) is 1.04. The third kappa shape index (κ3) is 5.21. The molecule has 0 fully saturated rings. The fourth-order valence-corrected chi connectivity index (χ4v) is 3.83. The van der Waals surface area contributed by atoms with Gasteiger partial charge in [0, 0.05) is 11.6 Å². The standard InChI is InChI=1S/C23H23NO6S/c1-4-29-16-10-7-15(8-11-16)24-22-20(23(27)30-5-2)21(26)19(31-22)12-14-6-9-17(28-3)13-18(14)25/h6-13,25-26H,4-5H2,1-3H3/b19-12+,24-22?. The molecular weight excluding hydrogens is 418 g/mol. The summed E-state index contributed by atoms with van der Waals surface area (Å²) in [4.78, 5) is 17.4. The van der Waals surface area contributed by atoms with Gasteiger partial charge in [0.2, 0.25) is 0 Å². The third-order valence-electron chi connectivity index (χ3n) is 4.27. The number of hydrogen-bond acceptors (Lipinski definition) is 8. The predicted molar refractivity (Wildman–Crippen MR) is 121 cm³/mol. The Hall–Kier alpha value is -3.39. The molecule has 1 aliphatic rings. The van der Waals surface area contributed by atoms with Crippen LogP contribution < -0.4 is 9.47 Å². The number of phenols is 1. The first-order valence-corrected chi connectivity index (χ1v) is 10.5. The van der Waals surface area contributed by atoms with Crippen LogP contribution in [0.4, 0.5) is 5.69 Å². The van der Waals surface area contributed by atoms with Gasteiger partial charge in [0.25, 0.3) is 0 Å². The first-order valence-electron chi connectivity index (χ1n) is 9.66. The number of rotatable bonds is 7. The minimum Gasteiger partial charge on any atom is -0.507 e. The molecule has 0 aliphatic carbocycles. The van der Waals surface area contributed by atoms with E-state index in [9.17, 15) is 15.0 Å². The number of esters is 1. The summed E-state index contributed by atoms with van der Waals surface area (Å²) in [6, 6.07) is 11.9. The van der Waals surface area contributed by atoms with E-state index in [1.54, 1.807) is 49.4 Å². The van der Waals surface area contributed by atoms with Crippen LogP contribution >= 0.6 is 11.8 Å². The molecular formula is C23H23NO6S. The Morgan fingerprint density at radius 3 is 2.39 bits per heavy atom. The topological polar surface area (TPSA) is 97.6 Å². The van der Waals surface area contributed by atoms with Crippen LogP contribution in [-0.4, -0.2) is 41.5 Å². The second-order valence-electron chi connectivity index (χ2n) is 6.32. The molecule has 0 unspecified atom stereocenters. The van der Waals surface area contributed by atoms with E-state index in [1.165, 1.54) is 13.2 Å². The Labute approximate surface area is 184 Å². The lowest BCUT2D eigenvalue weighted by Crippen LogP contribution is -2.12.